The molecular formula is C38H80BrP. The third-order valence-electron chi connectivity index (χ3n) is 9.71. The van der Waals surface area contributed by atoms with Crippen molar-refractivity contribution in [2.75, 3.05) is 24.6 Å². The molecule has 0 amide bonds. The Bertz CT molecular complexity index is 448. The third kappa shape index (κ3) is 25.4. The minimum Gasteiger partial charge on any atom is -0.0654 e. The molecule has 0 heterocycles. The van der Waals surface area contributed by atoms with Crippen molar-refractivity contribution < 1.29 is 0 Å². The first kappa shape index (κ1) is 40.9. The molecule has 0 saturated carbocycles. The average molecular weight is 648 g/mol. The summed E-state index contributed by atoms with van der Waals surface area (Å²) in [6.07, 6.45) is 49.9. The van der Waals surface area contributed by atoms with E-state index in [9.17, 15) is 0 Å². The van der Waals surface area contributed by atoms with Gasteiger partial charge in [-0.1, -0.05) is 52.4 Å². The number of hydrogen-bond donors (Lipinski definition) is 0. The summed E-state index contributed by atoms with van der Waals surface area (Å²) in [5.74, 6) is 0. The fourth-order valence-corrected chi connectivity index (χ4v) is 16.4. The van der Waals surface area contributed by atoms with Crippen LogP contribution in [0.5, 0.6) is 0 Å². The number of hydrogen-bond acceptors (Lipinski definition) is 0. The van der Waals surface area contributed by atoms with Gasteiger partial charge in [0, 0.05) is 0 Å². The van der Waals surface area contributed by atoms with E-state index in [1.165, 1.54) is 217 Å². The standard InChI is InChI=1S/C38H80BrP/c1-5-9-11-13-15-17-19-21-23-25-27-29-31-33-37-40(39,35-7-3,36-8-4)38-34-32-30-28-26-24-22-20-18-16-14-12-10-6-2/h5-38H2,1-4H3. The molecule has 0 spiro atoms. The van der Waals surface area contributed by atoms with E-state index in [1.54, 1.807) is 0 Å². The number of halogens is 1. The second-order valence-electron chi connectivity index (χ2n) is 13.9. The molecule has 0 aliphatic heterocycles. The van der Waals surface area contributed by atoms with Gasteiger partial charge in [0.1, 0.15) is 0 Å². The van der Waals surface area contributed by atoms with Crippen LogP contribution in [-0.4, -0.2) is 24.6 Å². The normalized spacial score (nSPS) is 13.1. The maximum absolute atomic E-state index is 4.62. The summed E-state index contributed by atoms with van der Waals surface area (Å²) >= 11 is 4.62. The van der Waals surface area contributed by atoms with E-state index in [-0.39, 0.29) is 0 Å². The van der Waals surface area contributed by atoms with Gasteiger partial charge in [0.05, 0.1) is 0 Å². The summed E-state index contributed by atoms with van der Waals surface area (Å²) in [5, 5.41) is -1.68. The third-order valence-corrected chi connectivity index (χ3v) is 20.0. The van der Waals surface area contributed by atoms with Gasteiger partial charge in [-0.25, -0.2) is 0 Å². The molecule has 0 aromatic carbocycles. The van der Waals surface area contributed by atoms with Crippen LogP contribution in [0.1, 0.15) is 220 Å². The molecule has 0 aliphatic carbocycles. The SMILES string of the molecule is CCCCCCCCCCCCCCCCP(Br)(CCC)(CCC)CCCCCCCCCCCCCCCC. The summed E-state index contributed by atoms with van der Waals surface area (Å²) in [5.41, 5.74) is 0. The van der Waals surface area contributed by atoms with Gasteiger partial charge >= 0.3 is 213 Å². The van der Waals surface area contributed by atoms with E-state index < -0.39 is 5.31 Å². The molecule has 2 heteroatoms. The van der Waals surface area contributed by atoms with E-state index in [0.717, 1.165) is 0 Å². The molecule has 0 fully saturated rings. The van der Waals surface area contributed by atoms with Crippen LogP contribution >= 0.6 is 20.8 Å². The molecule has 0 aromatic rings. The van der Waals surface area contributed by atoms with Gasteiger partial charge in [0.15, 0.2) is 0 Å². The predicted molar refractivity (Wildman–Crippen MR) is 197 cm³/mol. The van der Waals surface area contributed by atoms with Crippen LogP contribution in [0.4, 0.5) is 0 Å². The summed E-state index contributed by atoms with van der Waals surface area (Å²) in [7, 11) is 0. The topological polar surface area (TPSA) is 0 Å². The average Bonchev–Trinajstić information content (AvgIpc) is 2.94. The van der Waals surface area contributed by atoms with Crippen molar-refractivity contribution >= 4 is 20.8 Å². The van der Waals surface area contributed by atoms with Gasteiger partial charge in [-0.2, -0.15) is 0 Å². The summed E-state index contributed by atoms with van der Waals surface area (Å²) in [6.45, 7) is 9.51. The molecule has 0 atom stereocenters. The van der Waals surface area contributed by atoms with Crippen LogP contribution < -0.4 is 0 Å². The van der Waals surface area contributed by atoms with Crippen molar-refractivity contribution in [3.8, 4) is 0 Å². The van der Waals surface area contributed by atoms with Crippen LogP contribution in [0, 0.1) is 0 Å². The molecule has 40 heavy (non-hydrogen) atoms. The second kappa shape index (κ2) is 30.0. The Balaban J connectivity index is 3.94. The first-order valence-electron chi connectivity index (χ1n) is 19.3. The first-order chi connectivity index (χ1) is 19.5. The van der Waals surface area contributed by atoms with Crippen molar-refractivity contribution in [3.05, 3.63) is 0 Å². The maximum atomic E-state index is 4.62. The summed E-state index contributed by atoms with van der Waals surface area (Å²) in [4.78, 5) is 0. The minimum absolute atomic E-state index is 1.37. The Morgan fingerprint density at radius 3 is 0.650 bits per heavy atom. The van der Waals surface area contributed by atoms with Gasteiger partial charge in [-0.05, 0) is 0 Å². The van der Waals surface area contributed by atoms with E-state index >= 15 is 0 Å². The Kier molecular flexibility index (Phi) is 30.6. The molecule has 0 N–H and O–H groups in total. The van der Waals surface area contributed by atoms with E-state index in [4.69, 9.17) is 0 Å². The smallest absolute Gasteiger partial charge is 0.0654 e. The van der Waals surface area contributed by atoms with Crippen molar-refractivity contribution in [3.63, 3.8) is 0 Å². The zero-order valence-corrected chi connectivity index (χ0v) is 31.3. The predicted octanol–water partition coefficient (Wildman–Crippen LogP) is 15.6. The van der Waals surface area contributed by atoms with Gasteiger partial charge < -0.3 is 0 Å². The summed E-state index contributed by atoms with van der Waals surface area (Å²) in [6, 6.07) is 0. The fourth-order valence-electron chi connectivity index (χ4n) is 7.19. The molecule has 0 saturated heterocycles. The van der Waals surface area contributed by atoms with Crippen LogP contribution in [-0.2, 0) is 0 Å². The van der Waals surface area contributed by atoms with Crippen LogP contribution in [0.25, 0.3) is 0 Å². The quantitative estimate of drug-likeness (QED) is 0.0482. The fraction of sp³-hybridized carbons (Fsp3) is 1.00. The first-order valence-corrected chi connectivity index (χ1v) is 24.3. The molecule has 0 nitrogen and oxygen atoms in total. The minimum atomic E-state index is -1.68. The van der Waals surface area contributed by atoms with E-state index in [1.807, 2.05) is 0 Å². The van der Waals surface area contributed by atoms with Crippen LogP contribution in [0.3, 0.4) is 0 Å². The monoisotopic (exact) mass is 647 g/mol. The Hall–Kier alpha value is 0.910. The number of rotatable bonds is 34. The second-order valence-corrected chi connectivity index (χ2v) is 25.4. The summed E-state index contributed by atoms with van der Waals surface area (Å²) < 4.78 is 0. The van der Waals surface area contributed by atoms with Gasteiger partial charge in [0.2, 0.25) is 0 Å². The van der Waals surface area contributed by atoms with Gasteiger partial charge in [-0.15, -0.1) is 0 Å². The molecule has 0 radical (unpaired) electrons. The van der Waals surface area contributed by atoms with Crippen molar-refractivity contribution in [1.29, 1.82) is 0 Å². The van der Waals surface area contributed by atoms with Crippen LogP contribution in [0.15, 0.2) is 0 Å². The van der Waals surface area contributed by atoms with Crippen molar-refractivity contribution in [2.45, 2.75) is 220 Å². The van der Waals surface area contributed by atoms with Crippen LogP contribution in [0.2, 0.25) is 0 Å². The molecule has 0 aliphatic rings. The number of unbranched alkanes of at least 4 members (excludes halogenated alkanes) is 26. The zero-order chi connectivity index (χ0) is 29.5. The zero-order valence-electron chi connectivity index (χ0n) is 28.9. The van der Waals surface area contributed by atoms with E-state index in [2.05, 4.69) is 43.2 Å². The molecule has 0 aromatic heterocycles. The van der Waals surface area contributed by atoms with Gasteiger partial charge in [0.25, 0.3) is 0 Å². The molecule has 0 unspecified atom stereocenters. The molecule has 244 valence electrons. The molecule has 0 rings (SSSR count). The van der Waals surface area contributed by atoms with Gasteiger partial charge in [-0.3, -0.25) is 0 Å². The van der Waals surface area contributed by atoms with E-state index in [0.29, 0.717) is 0 Å². The molecule has 0 bridgehead atoms. The Labute approximate surface area is 264 Å². The Morgan fingerprint density at radius 2 is 0.450 bits per heavy atom. The molecular weight excluding hydrogens is 567 g/mol. The Morgan fingerprint density at radius 1 is 0.250 bits per heavy atom. The van der Waals surface area contributed by atoms with Crippen molar-refractivity contribution in [1.82, 2.24) is 0 Å². The van der Waals surface area contributed by atoms with Crippen molar-refractivity contribution in [2.24, 2.45) is 0 Å².